The fourth-order valence-corrected chi connectivity index (χ4v) is 6.09. The van der Waals surface area contributed by atoms with Gasteiger partial charge in [0.2, 0.25) is 0 Å². The summed E-state index contributed by atoms with van der Waals surface area (Å²) < 4.78 is 31.0. The van der Waals surface area contributed by atoms with E-state index in [0.717, 1.165) is 43.4 Å². The molecule has 5 heteroatoms. The van der Waals surface area contributed by atoms with Crippen LogP contribution in [0, 0.1) is 0 Å². The van der Waals surface area contributed by atoms with Gasteiger partial charge in [0, 0.05) is 19.2 Å². The van der Waals surface area contributed by atoms with Gasteiger partial charge in [0.1, 0.15) is 0 Å². The number of rotatable bonds is 7. The van der Waals surface area contributed by atoms with Gasteiger partial charge >= 0.3 is 0 Å². The van der Waals surface area contributed by atoms with E-state index in [4.69, 9.17) is 4.74 Å². The molecule has 30 heavy (non-hydrogen) atoms. The van der Waals surface area contributed by atoms with Crippen molar-refractivity contribution in [3.63, 3.8) is 0 Å². The molecular formula is C25H33NO3S. The van der Waals surface area contributed by atoms with Crippen molar-refractivity contribution in [1.29, 1.82) is 0 Å². The average molecular weight is 428 g/mol. The Morgan fingerprint density at radius 3 is 2.23 bits per heavy atom. The smallest absolute Gasteiger partial charge is 0.180 e. The fraction of sp³-hybridized carbons (Fsp3) is 0.520. The number of hydrogen-bond donors (Lipinski definition) is 0. The highest BCUT2D eigenvalue weighted by Crippen LogP contribution is 2.24. The number of nitrogens with zero attached hydrogens (tertiary/aromatic N) is 1. The topological polar surface area (TPSA) is 46.6 Å². The summed E-state index contributed by atoms with van der Waals surface area (Å²) in [6.45, 7) is 5.34. The lowest BCUT2D eigenvalue weighted by Crippen LogP contribution is -2.28. The van der Waals surface area contributed by atoms with Gasteiger partial charge in [0.25, 0.3) is 0 Å². The van der Waals surface area contributed by atoms with Crippen LogP contribution < -0.4 is 0 Å². The maximum atomic E-state index is 12.7. The molecule has 2 atom stereocenters. The Kier molecular flexibility index (Phi) is 6.91. The van der Waals surface area contributed by atoms with Gasteiger partial charge in [-0.15, -0.1) is 0 Å². The third kappa shape index (κ3) is 5.32. The standard InChI is InChI=1S/C25H33NO3S/c1-20-5-4-16-26(20)17-15-21-7-9-22(10-8-21)23-11-13-25(14-12-23)30(27,28)19-24-6-2-3-18-29-24/h7-14,20,24H,2-6,15-19H2,1H3/t20-,24?/m1/s1. The van der Waals surface area contributed by atoms with Crippen molar-refractivity contribution in [2.45, 2.75) is 62.5 Å². The Balaban J connectivity index is 1.37. The summed E-state index contributed by atoms with van der Waals surface area (Å²) in [6, 6.07) is 16.7. The monoisotopic (exact) mass is 427 g/mol. The highest BCUT2D eigenvalue weighted by Gasteiger charge is 2.23. The van der Waals surface area contributed by atoms with Crippen molar-refractivity contribution < 1.29 is 13.2 Å². The van der Waals surface area contributed by atoms with Crippen LogP contribution in [-0.4, -0.2) is 50.9 Å². The van der Waals surface area contributed by atoms with E-state index in [1.54, 1.807) is 12.1 Å². The minimum absolute atomic E-state index is 0.0800. The summed E-state index contributed by atoms with van der Waals surface area (Å²) in [5.41, 5.74) is 3.51. The predicted octanol–water partition coefficient (Wildman–Crippen LogP) is 4.72. The maximum absolute atomic E-state index is 12.7. The second-order valence-corrected chi connectivity index (χ2v) is 10.8. The third-order valence-corrected chi connectivity index (χ3v) is 8.36. The Morgan fingerprint density at radius 2 is 1.63 bits per heavy atom. The van der Waals surface area contributed by atoms with Crippen molar-refractivity contribution in [2.75, 3.05) is 25.4 Å². The highest BCUT2D eigenvalue weighted by molar-refractivity contribution is 7.91. The first-order chi connectivity index (χ1) is 14.5. The zero-order chi connectivity index (χ0) is 21.0. The summed E-state index contributed by atoms with van der Waals surface area (Å²) in [4.78, 5) is 2.96. The van der Waals surface area contributed by atoms with E-state index in [9.17, 15) is 8.42 Å². The first kappa shape index (κ1) is 21.5. The minimum Gasteiger partial charge on any atom is -0.377 e. The molecule has 1 unspecified atom stereocenters. The van der Waals surface area contributed by atoms with Gasteiger partial charge in [0.05, 0.1) is 16.8 Å². The van der Waals surface area contributed by atoms with Gasteiger partial charge in [-0.05, 0) is 80.8 Å². The molecule has 0 saturated carbocycles. The zero-order valence-corrected chi connectivity index (χ0v) is 18.7. The minimum atomic E-state index is -3.32. The summed E-state index contributed by atoms with van der Waals surface area (Å²) in [7, 11) is -3.32. The van der Waals surface area contributed by atoms with E-state index >= 15 is 0 Å². The number of benzene rings is 2. The first-order valence-electron chi connectivity index (χ1n) is 11.3. The van der Waals surface area contributed by atoms with E-state index in [-0.39, 0.29) is 11.9 Å². The number of sulfone groups is 1. The first-order valence-corrected chi connectivity index (χ1v) is 12.9. The third-order valence-electron chi connectivity index (χ3n) is 6.56. The van der Waals surface area contributed by atoms with Crippen LogP contribution in [0.1, 0.15) is 44.6 Å². The summed E-state index contributed by atoms with van der Waals surface area (Å²) in [5.74, 6) is 0.0800. The summed E-state index contributed by atoms with van der Waals surface area (Å²) in [5, 5.41) is 0. The van der Waals surface area contributed by atoms with E-state index in [2.05, 4.69) is 36.1 Å². The fourth-order valence-electron chi connectivity index (χ4n) is 4.60. The van der Waals surface area contributed by atoms with E-state index < -0.39 is 9.84 Å². The van der Waals surface area contributed by atoms with E-state index in [1.807, 2.05) is 12.1 Å². The molecule has 4 nitrogen and oxygen atoms in total. The van der Waals surface area contributed by atoms with Crippen molar-refractivity contribution in [2.24, 2.45) is 0 Å². The van der Waals surface area contributed by atoms with Crippen molar-refractivity contribution >= 4 is 9.84 Å². The van der Waals surface area contributed by atoms with Crippen molar-refractivity contribution in [3.8, 4) is 11.1 Å². The second kappa shape index (κ2) is 9.63. The van der Waals surface area contributed by atoms with Crippen LogP contribution in [-0.2, 0) is 21.0 Å². The molecule has 2 aliphatic rings. The molecule has 162 valence electrons. The Labute approximate surface area is 181 Å². The average Bonchev–Trinajstić information content (AvgIpc) is 3.18. The quantitative estimate of drug-likeness (QED) is 0.641. The van der Waals surface area contributed by atoms with Crippen LogP contribution in [0.25, 0.3) is 11.1 Å². The second-order valence-electron chi connectivity index (χ2n) is 8.77. The zero-order valence-electron chi connectivity index (χ0n) is 17.9. The van der Waals surface area contributed by atoms with Gasteiger partial charge in [-0.3, -0.25) is 0 Å². The number of likely N-dealkylation sites (tertiary alicyclic amines) is 1. The molecule has 2 aromatic rings. The van der Waals surface area contributed by atoms with Crippen LogP contribution in [0.2, 0.25) is 0 Å². The van der Waals surface area contributed by atoms with Crippen LogP contribution in [0.4, 0.5) is 0 Å². The molecular weight excluding hydrogens is 394 g/mol. The van der Waals surface area contributed by atoms with Gasteiger partial charge in [-0.25, -0.2) is 8.42 Å². The van der Waals surface area contributed by atoms with Crippen LogP contribution >= 0.6 is 0 Å². The lowest BCUT2D eigenvalue weighted by Gasteiger charge is -2.22. The lowest BCUT2D eigenvalue weighted by atomic mass is 10.0. The predicted molar refractivity (Wildman–Crippen MR) is 121 cm³/mol. The lowest BCUT2D eigenvalue weighted by molar-refractivity contribution is 0.0305. The molecule has 0 aromatic heterocycles. The molecule has 0 spiro atoms. The largest absolute Gasteiger partial charge is 0.377 e. The molecule has 2 aromatic carbocycles. The molecule has 0 radical (unpaired) electrons. The molecule has 2 heterocycles. The Morgan fingerprint density at radius 1 is 0.933 bits per heavy atom. The SMILES string of the molecule is C[C@@H]1CCCN1CCc1ccc(-c2ccc(S(=O)(=O)CC3CCCCO3)cc2)cc1. The normalized spacial score (nSPS) is 23.0. The molecule has 2 aliphatic heterocycles. The molecule has 0 N–H and O–H groups in total. The number of hydrogen-bond acceptors (Lipinski definition) is 4. The van der Waals surface area contributed by atoms with E-state index in [0.29, 0.717) is 17.5 Å². The summed E-state index contributed by atoms with van der Waals surface area (Å²) in [6.07, 6.45) is 6.45. The maximum Gasteiger partial charge on any atom is 0.180 e. The van der Waals surface area contributed by atoms with Crippen LogP contribution in [0.5, 0.6) is 0 Å². The van der Waals surface area contributed by atoms with Crippen molar-refractivity contribution in [3.05, 3.63) is 54.1 Å². The molecule has 0 aliphatic carbocycles. The van der Waals surface area contributed by atoms with E-state index in [1.165, 1.54) is 24.9 Å². The summed E-state index contributed by atoms with van der Waals surface area (Å²) >= 11 is 0. The van der Waals surface area contributed by atoms with Gasteiger partial charge < -0.3 is 9.64 Å². The molecule has 0 bridgehead atoms. The highest BCUT2D eigenvalue weighted by atomic mass is 32.2. The van der Waals surface area contributed by atoms with Crippen molar-refractivity contribution in [1.82, 2.24) is 4.90 Å². The van der Waals surface area contributed by atoms with Crippen LogP contribution in [0.3, 0.4) is 0 Å². The molecule has 2 saturated heterocycles. The van der Waals surface area contributed by atoms with Crippen LogP contribution in [0.15, 0.2) is 53.4 Å². The molecule has 2 fully saturated rings. The number of ether oxygens (including phenoxy) is 1. The Hall–Kier alpha value is -1.69. The van der Waals surface area contributed by atoms with Gasteiger partial charge in [-0.1, -0.05) is 36.4 Å². The Bertz CT molecular complexity index is 916. The van der Waals surface area contributed by atoms with Gasteiger partial charge in [-0.2, -0.15) is 0 Å². The van der Waals surface area contributed by atoms with Gasteiger partial charge in [0.15, 0.2) is 9.84 Å². The molecule has 0 amide bonds. The molecule has 4 rings (SSSR count).